The molecule has 2 rings (SSSR count). The first-order valence-electron chi connectivity index (χ1n) is 7.41. The van der Waals surface area contributed by atoms with E-state index in [9.17, 15) is 30.6 Å². The van der Waals surface area contributed by atoms with Crippen LogP contribution in [-0.2, 0) is 17.8 Å². The van der Waals surface area contributed by atoms with Gasteiger partial charge in [0.15, 0.2) is 12.3 Å². The molecule has 2 heterocycles. The molecule has 0 aromatic heterocycles. The van der Waals surface area contributed by atoms with Crippen LogP contribution in [0, 0.1) is 0 Å². The van der Waals surface area contributed by atoms with E-state index in [0.29, 0.717) is 0 Å². The monoisotopic (exact) mass is 390 g/mol. The highest BCUT2D eigenvalue weighted by Crippen LogP contribution is 2.29. The van der Waals surface area contributed by atoms with Gasteiger partial charge < -0.3 is 50.3 Å². The minimum absolute atomic E-state index is 0.187. The lowest BCUT2D eigenvalue weighted by Gasteiger charge is -2.40. The number of hydrogen-bond donors (Lipinski definition) is 8. The van der Waals surface area contributed by atoms with E-state index in [-0.39, 0.29) is 12.3 Å². The van der Waals surface area contributed by atoms with Gasteiger partial charge in [0.25, 0.3) is 0 Å². The molecule has 148 valence electrons. The number of aliphatic hydroxyl groups excluding tert-OH is 8. The third-order valence-corrected chi connectivity index (χ3v) is 4.50. The third-order valence-electron chi connectivity index (χ3n) is 3.97. The molecular weight excluding hydrogens is 368 g/mol. The van der Waals surface area contributed by atoms with Crippen molar-refractivity contribution in [2.24, 2.45) is 0 Å². The number of hydrogen-bond acceptors (Lipinski definition) is 13. The third kappa shape index (κ3) is 4.59. The first kappa shape index (κ1) is 21.2. The van der Waals surface area contributed by atoms with Gasteiger partial charge in [-0.1, -0.05) is 0 Å². The maximum atomic E-state index is 9.77. The molecule has 0 aromatic carbocycles. The van der Waals surface area contributed by atoms with Gasteiger partial charge in [0.2, 0.25) is 12.6 Å². The molecule has 2 aliphatic rings. The Labute approximate surface area is 146 Å². The van der Waals surface area contributed by atoms with Gasteiger partial charge in [-0.3, -0.25) is 8.37 Å². The van der Waals surface area contributed by atoms with Crippen LogP contribution in [0.4, 0.5) is 0 Å². The molecule has 2 aliphatic heterocycles. The quantitative estimate of drug-likeness (QED) is 0.201. The fourth-order valence-corrected chi connectivity index (χ4v) is 2.91. The van der Waals surface area contributed by atoms with Crippen LogP contribution < -0.4 is 0 Å². The highest BCUT2D eigenvalue weighted by Gasteiger charge is 2.46. The average Bonchev–Trinajstić information content (AvgIpc) is 2.61. The van der Waals surface area contributed by atoms with E-state index >= 15 is 0 Å². The van der Waals surface area contributed by atoms with Gasteiger partial charge in [0.1, 0.15) is 48.8 Å². The Balaban J connectivity index is 1.87. The highest BCUT2D eigenvalue weighted by molar-refractivity contribution is 7.89. The Morgan fingerprint density at radius 1 is 0.600 bits per heavy atom. The summed E-state index contributed by atoms with van der Waals surface area (Å²) in [6.07, 6.45) is -15.0. The van der Waals surface area contributed by atoms with Crippen LogP contribution in [0.5, 0.6) is 0 Å². The molecule has 0 spiro atoms. The smallest absolute Gasteiger partial charge is 0.202 e. The summed E-state index contributed by atoms with van der Waals surface area (Å²) in [6.45, 7) is -1.27. The largest absolute Gasteiger partial charge is 0.394 e. The van der Waals surface area contributed by atoms with Gasteiger partial charge in [-0.25, -0.2) is 0 Å². The molecule has 0 saturated carbocycles. The van der Waals surface area contributed by atoms with Gasteiger partial charge >= 0.3 is 0 Å². The van der Waals surface area contributed by atoms with Crippen LogP contribution in [0.3, 0.4) is 0 Å². The van der Waals surface area contributed by atoms with Gasteiger partial charge in [-0.05, 0) is 0 Å². The molecular formula is C12H22O12S. The molecule has 0 amide bonds. The van der Waals surface area contributed by atoms with Crippen molar-refractivity contribution in [2.45, 2.75) is 61.4 Å². The van der Waals surface area contributed by atoms with E-state index in [1.807, 2.05) is 0 Å². The van der Waals surface area contributed by atoms with Gasteiger partial charge in [-0.15, -0.1) is 0 Å². The lowest BCUT2D eigenvalue weighted by atomic mass is 9.99. The van der Waals surface area contributed by atoms with Gasteiger partial charge in [0.05, 0.1) is 13.2 Å². The fraction of sp³-hybridized carbons (Fsp3) is 1.00. The summed E-state index contributed by atoms with van der Waals surface area (Å²) in [5.41, 5.74) is 0. The van der Waals surface area contributed by atoms with Gasteiger partial charge in [0, 0.05) is 0 Å². The molecule has 2 fully saturated rings. The van der Waals surface area contributed by atoms with Crippen molar-refractivity contribution in [1.29, 1.82) is 0 Å². The van der Waals surface area contributed by atoms with Crippen LogP contribution in [0.2, 0.25) is 0 Å². The number of aliphatic hydroxyl groups is 8. The Bertz CT molecular complexity index is 376. The zero-order valence-corrected chi connectivity index (χ0v) is 13.6. The van der Waals surface area contributed by atoms with Crippen molar-refractivity contribution >= 4 is 12.3 Å². The lowest BCUT2D eigenvalue weighted by molar-refractivity contribution is -0.285. The zero-order chi connectivity index (χ0) is 18.7. The molecule has 0 bridgehead atoms. The number of rotatable bonds is 6. The Morgan fingerprint density at radius 2 is 0.960 bits per heavy atom. The van der Waals surface area contributed by atoms with E-state index in [1.165, 1.54) is 0 Å². The molecule has 0 aliphatic carbocycles. The summed E-state index contributed by atoms with van der Waals surface area (Å²) < 4.78 is 20.1. The first-order valence-corrected chi connectivity index (χ1v) is 8.08. The van der Waals surface area contributed by atoms with Crippen molar-refractivity contribution in [3.63, 3.8) is 0 Å². The molecule has 2 saturated heterocycles. The minimum atomic E-state index is -1.65. The van der Waals surface area contributed by atoms with Crippen LogP contribution in [0.1, 0.15) is 0 Å². The molecule has 13 heteroatoms. The second-order valence-electron chi connectivity index (χ2n) is 5.66. The van der Waals surface area contributed by atoms with Crippen LogP contribution in [-0.4, -0.2) is 115 Å². The van der Waals surface area contributed by atoms with Crippen molar-refractivity contribution in [1.82, 2.24) is 0 Å². The second kappa shape index (κ2) is 9.18. The summed E-state index contributed by atoms with van der Waals surface area (Å²) in [5, 5.41) is 76.2. The van der Waals surface area contributed by atoms with E-state index in [0.717, 1.165) is 0 Å². The zero-order valence-electron chi connectivity index (χ0n) is 12.8. The second-order valence-corrected chi connectivity index (χ2v) is 6.18. The predicted molar refractivity (Wildman–Crippen MR) is 77.3 cm³/mol. The van der Waals surface area contributed by atoms with Crippen molar-refractivity contribution in [3.8, 4) is 0 Å². The summed E-state index contributed by atoms with van der Waals surface area (Å²) in [6, 6.07) is 0. The molecule has 0 radical (unpaired) electrons. The Morgan fingerprint density at radius 3 is 1.28 bits per heavy atom. The molecule has 12 nitrogen and oxygen atoms in total. The normalized spacial score (nSPS) is 48.5. The molecule has 8 N–H and O–H groups in total. The van der Waals surface area contributed by atoms with Crippen LogP contribution in [0.15, 0.2) is 0 Å². The molecule has 25 heavy (non-hydrogen) atoms. The molecule has 10 atom stereocenters. The first-order chi connectivity index (χ1) is 11.8. The van der Waals surface area contributed by atoms with E-state index in [1.54, 1.807) is 0 Å². The van der Waals surface area contributed by atoms with Crippen molar-refractivity contribution in [3.05, 3.63) is 0 Å². The molecule has 2 unspecified atom stereocenters. The summed E-state index contributed by atoms with van der Waals surface area (Å²) in [7, 11) is 0. The van der Waals surface area contributed by atoms with Crippen LogP contribution in [0.25, 0.3) is 0 Å². The SMILES string of the molecule is OC[C@H]1OC(OSOC2O[C@H](CO)[C@@H](O)[C@H](O)[C@H]2O)[C@H](O)[C@@H](O)[C@@H]1O. The maximum Gasteiger partial charge on any atom is 0.202 e. The Kier molecular flexibility index (Phi) is 7.78. The maximum absolute atomic E-state index is 9.77. The Hall–Kier alpha value is -0.130. The predicted octanol–water partition coefficient (Wildman–Crippen LogP) is -4.82. The minimum Gasteiger partial charge on any atom is -0.394 e. The lowest BCUT2D eigenvalue weighted by Crippen LogP contribution is -2.59. The number of ether oxygens (including phenoxy) is 2. The average molecular weight is 390 g/mol. The van der Waals surface area contributed by atoms with Crippen LogP contribution >= 0.6 is 12.3 Å². The standard InChI is InChI=1S/C12H22O12S/c13-1-3-5(15)7(17)9(19)11(21-3)23-25-24-12-10(20)8(18)6(16)4(2-14)22-12/h3-20H,1-2H2/t3-,4-,5-,6-,7+,8+,9-,10-,11?,12?/m1/s1. The van der Waals surface area contributed by atoms with E-state index in [2.05, 4.69) is 0 Å². The summed E-state index contributed by atoms with van der Waals surface area (Å²) in [4.78, 5) is 0. The van der Waals surface area contributed by atoms with E-state index < -0.39 is 74.6 Å². The van der Waals surface area contributed by atoms with Gasteiger partial charge in [-0.2, -0.15) is 0 Å². The topological polar surface area (TPSA) is 199 Å². The fourth-order valence-electron chi connectivity index (χ4n) is 2.39. The van der Waals surface area contributed by atoms with E-state index in [4.69, 9.17) is 28.1 Å². The highest BCUT2D eigenvalue weighted by atomic mass is 32.2. The van der Waals surface area contributed by atoms with Crippen molar-refractivity contribution in [2.75, 3.05) is 13.2 Å². The molecule has 0 aromatic rings. The summed E-state index contributed by atoms with van der Waals surface area (Å²) in [5.74, 6) is 0. The summed E-state index contributed by atoms with van der Waals surface area (Å²) >= 11 is 0.187. The van der Waals surface area contributed by atoms with Crippen molar-refractivity contribution < 1.29 is 58.7 Å².